The molecule has 2 aromatic rings. The normalized spacial score (nSPS) is 16.6. The van der Waals surface area contributed by atoms with Crippen LogP contribution in [0.1, 0.15) is 49.2 Å². The molecular weight excluding hydrogens is 360 g/mol. The second kappa shape index (κ2) is 8.13. The van der Waals surface area contributed by atoms with Crippen molar-refractivity contribution in [2.45, 2.75) is 45.3 Å². The number of fused-ring (bicyclic) bond motifs is 1. The smallest absolute Gasteiger partial charge is 0.407 e. The number of thiophene rings is 1. The van der Waals surface area contributed by atoms with Crippen LogP contribution in [0.15, 0.2) is 41.8 Å². The molecule has 2 heterocycles. The second-order valence-electron chi connectivity index (χ2n) is 7.63. The number of alkyl carbamates (subject to hydrolysis) is 1. The topological polar surface area (TPSA) is 58.6 Å². The van der Waals surface area contributed by atoms with Crippen LogP contribution in [-0.4, -0.2) is 35.6 Å². The number of carbonyl (C=O) groups excluding carboxylic acids is 2. The molecule has 5 nitrogen and oxygen atoms in total. The molecular formula is C21H26N2O3S. The number of nitrogens with zero attached hydrogens (tertiary/aromatic N) is 1. The SMILES string of the molecule is CC(C)(C)OC(=O)NCCC(=O)N1CCc2sccc2C1c1ccccc1. The first-order valence-electron chi connectivity index (χ1n) is 9.23. The highest BCUT2D eigenvalue weighted by molar-refractivity contribution is 7.10. The maximum atomic E-state index is 12.9. The second-order valence-corrected chi connectivity index (χ2v) is 8.63. The summed E-state index contributed by atoms with van der Waals surface area (Å²) in [6.07, 6.45) is 0.637. The molecule has 0 spiro atoms. The highest BCUT2D eigenvalue weighted by Gasteiger charge is 2.32. The van der Waals surface area contributed by atoms with E-state index in [0.717, 1.165) is 12.0 Å². The van der Waals surface area contributed by atoms with Crippen molar-refractivity contribution < 1.29 is 14.3 Å². The first-order chi connectivity index (χ1) is 12.8. The average Bonchev–Trinajstić information content (AvgIpc) is 3.08. The minimum atomic E-state index is -0.547. The van der Waals surface area contributed by atoms with Crippen LogP contribution in [0, 0.1) is 0 Å². The Labute approximate surface area is 164 Å². The lowest BCUT2D eigenvalue weighted by atomic mass is 9.93. The van der Waals surface area contributed by atoms with Gasteiger partial charge in [-0.15, -0.1) is 11.3 Å². The lowest BCUT2D eigenvalue weighted by Gasteiger charge is -2.36. The average molecular weight is 387 g/mol. The van der Waals surface area contributed by atoms with E-state index < -0.39 is 11.7 Å². The summed E-state index contributed by atoms with van der Waals surface area (Å²) in [5.41, 5.74) is 1.78. The van der Waals surface area contributed by atoms with Gasteiger partial charge in [-0.05, 0) is 49.8 Å². The molecule has 0 saturated carbocycles. The summed E-state index contributed by atoms with van der Waals surface area (Å²) in [4.78, 5) is 28.0. The van der Waals surface area contributed by atoms with Crippen LogP contribution >= 0.6 is 11.3 Å². The molecule has 0 saturated heterocycles. The third-order valence-corrected chi connectivity index (χ3v) is 5.41. The van der Waals surface area contributed by atoms with Gasteiger partial charge in [0.25, 0.3) is 0 Å². The Hall–Kier alpha value is -2.34. The van der Waals surface area contributed by atoms with Gasteiger partial charge in [-0.25, -0.2) is 4.79 Å². The molecule has 27 heavy (non-hydrogen) atoms. The highest BCUT2D eigenvalue weighted by Crippen LogP contribution is 2.37. The first kappa shape index (κ1) is 19.4. The minimum absolute atomic E-state index is 0.0387. The zero-order chi connectivity index (χ0) is 19.4. The van der Waals surface area contributed by atoms with E-state index in [1.165, 1.54) is 10.4 Å². The molecule has 0 radical (unpaired) electrons. The van der Waals surface area contributed by atoms with E-state index in [0.29, 0.717) is 6.54 Å². The Kier molecular flexibility index (Phi) is 5.85. The van der Waals surface area contributed by atoms with E-state index in [9.17, 15) is 9.59 Å². The van der Waals surface area contributed by atoms with Gasteiger partial charge in [-0.2, -0.15) is 0 Å². The lowest BCUT2D eigenvalue weighted by molar-refractivity contribution is -0.133. The van der Waals surface area contributed by atoms with Crippen molar-refractivity contribution in [3.05, 3.63) is 57.8 Å². The molecule has 0 aliphatic carbocycles. The van der Waals surface area contributed by atoms with Crippen molar-refractivity contribution in [2.75, 3.05) is 13.1 Å². The quantitative estimate of drug-likeness (QED) is 0.859. The van der Waals surface area contributed by atoms with E-state index in [4.69, 9.17) is 4.74 Å². The molecule has 6 heteroatoms. The van der Waals surface area contributed by atoms with E-state index in [2.05, 4.69) is 28.9 Å². The van der Waals surface area contributed by atoms with Gasteiger partial charge in [0.1, 0.15) is 5.60 Å². The van der Waals surface area contributed by atoms with Gasteiger partial charge in [0.15, 0.2) is 0 Å². The van der Waals surface area contributed by atoms with E-state index in [1.807, 2.05) is 43.9 Å². The summed E-state index contributed by atoms with van der Waals surface area (Å²) >= 11 is 1.75. The minimum Gasteiger partial charge on any atom is -0.444 e. The van der Waals surface area contributed by atoms with Gasteiger partial charge in [0, 0.05) is 24.4 Å². The number of ether oxygens (including phenoxy) is 1. The van der Waals surface area contributed by atoms with Crippen LogP contribution in [0.3, 0.4) is 0 Å². The molecule has 1 N–H and O–H groups in total. The number of carbonyl (C=O) groups is 2. The molecule has 2 amide bonds. The molecule has 1 aliphatic heterocycles. The Bertz CT molecular complexity index is 795. The van der Waals surface area contributed by atoms with Crippen LogP contribution in [0.25, 0.3) is 0 Å². The van der Waals surface area contributed by atoms with Crippen molar-refractivity contribution in [3.8, 4) is 0 Å². The molecule has 1 aromatic carbocycles. The van der Waals surface area contributed by atoms with Crippen LogP contribution in [0.4, 0.5) is 4.79 Å². The molecule has 1 aliphatic rings. The van der Waals surface area contributed by atoms with Crippen molar-refractivity contribution in [1.82, 2.24) is 10.2 Å². The molecule has 1 atom stereocenters. The number of benzene rings is 1. The van der Waals surface area contributed by atoms with Gasteiger partial charge in [0.2, 0.25) is 5.91 Å². The first-order valence-corrected chi connectivity index (χ1v) is 10.1. The molecule has 0 fully saturated rings. The fraction of sp³-hybridized carbons (Fsp3) is 0.429. The molecule has 3 rings (SSSR count). The Balaban J connectivity index is 1.67. The molecule has 144 valence electrons. The lowest BCUT2D eigenvalue weighted by Crippen LogP contribution is -2.41. The van der Waals surface area contributed by atoms with Crippen LogP contribution in [-0.2, 0) is 16.0 Å². The van der Waals surface area contributed by atoms with Gasteiger partial charge in [0.05, 0.1) is 6.04 Å². The number of nitrogens with one attached hydrogen (secondary N) is 1. The van der Waals surface area contributed by atoms with Gasteiger partial charge in [-0.1, -0.05) is 30.3 Å². The summed E-state index contributed by atoms with van der Waals surface area (Å²) in [6, 6.07) is 12.2. The summed E-state index contributed by atoms with van der Waals surface area (Å²) < 4.78 is 5.22. The largest absolute Gasteiger partial charge is 0.444 e. The monoisotopic (exact) mass is 386 g/mol. The maximum Gasteiger partial charge on any atom is 0.407 e. The fourth-order valence-electron chi connectivity index (χ4n) is 3.31. The van der Waals surface area contributed by atoms with E-state index in [1.54, 1.807) is 11.3 Å². The summed E-state index contributed by atoms with van der Waals surface area (Å²) in [5, 5.41) is 4.77. The Morgan fingerprint density at radius 1 is 1.22 bits per heavy atom. The summed E-state index contributed by atoms with van der Waals surface area (Å²) in [5.74, 6) is 0.0387. The molecule has 1 unspecified atom stereocenters. The molecule has 0 bridgehead atoms. The molecule has 1 aromatic heterocycles. The maximum absolute atomic E-state index is 12.9. The van der Waals surface area contributed by atoms with Crippen molar-refractivity contribution >= 4 is 23.3 Å². The Morgan fingerprint density at radius 3 is 2.67 bits per heavy atom. The van der Waals surface area contributed by atoms with Crippen LogP contribution < -0.4 is 5.32 Å². The summed E-state index contributed by atoms with van der Waals surface area (Å²) in [6.45, 7) is 6.40. The van der Waals surface area contributed by atoms with Crippen molar-refractivity contribution in [1.29, 1.82) is 0 Å². The number of amides is 2. The predicted octanol–water partition coefficient (Wildman–Crippen LogP) is 4.14. The highest BCUT2D eigenvalue weighted by atomic mass is 32.1. The Morgan fingerprint density at radius 2 is 1.96 bits per heavy atom. The fourth-order valence-corrected chi connectivity index (χ4v) is 4.21. The zero-order valence-corrected chi connectivity index (χ0v) is 16.8. The number of hydrogen-bond acceptors (Lipinski definition) is 4. The third kappa shape index (κ3) is 4.89. The van der Waals surface area contributed by atoms with E-state index in [-0.39, 0.29) is 24.9 Å². The van der Waals surface area contributed by atoms with Gasteiger partial charge >= 0.3 is 6.09 Å². The third-order valence-electron chi connectivity index (χ3n) is 4.41. The van der Waals surface area contributed by atoms with Crippen LogP contribution in [0.5, 0.6) is 0 Å². The van der Waals surface area contributed by atoms with Crippen LogP contribution in [0.2, 0.25) is 0 Å². The zero-order valence-electron chi connectivity index (χ0n) is 16.0. The summed E-state index contributed by atoms with van der Waals surface area (Å²) in [7, 11) is 0. The van der Waals surface area contributed by atoms with Crippen molar-refractivity contribution in [2.24, 2.45) is 0 Å². The number of hydrogen-bond donors (Lipinski definition) is 1. The number of rotatable bonds is 4. The van der Waals surface area contributed by atoms with Crippen molar-refractivity contribution in [3.63, 3.8) is 0 Å². The van der Waals surface area contributed by atoms with Gasteiger partial charge < -0.3 is 15.0 Å². The van der Waals surface area contributed by atoms with Gasteiger partial charge in [-0.3, -0.25) is 4.79 Å². The standard InChI is InChI=1S/C21H26N2O3S/c1-21(2,3)26-20(25)22-12-9-18(24)23-13-10-17-16(11-14-27-17)19(23)15-7-5-4-6-8-15/h4-8,11,14,19H,9-10,12-13H2,1-3H3,(H,22,25). The van der Waals surface area contributed by atoms with E-state index >= 15 is 0 Å². The predicted molar refractivity (Wildman–Crippen MR) is 107 cm³/mol.